The Morgan fingerprint density at radius 2 is 1.67 bits per heavy atom. The molecule has 1 spiro atoms. The minimum atomic E-state index is -0.0206. The quantitative estimate of drug-likeness (QED) is 0.780. The number of para-hydroxylation sites is 1. The monoisotopic (exact) mass is 311 g/mol. The fourth-order valence-corrected chi connectivity index (χ4v) is 4.04. The van der Waals surface area contributed by atoms with Crippen LogP contribution >= 0.6 is 0 Å². The molecule has 1 nitrogen and oxygen atoms in total. The third-order valence-electron chi connectivity index (χ3n) is 5.18. The Balaban J connectivity index is 1.66. The molecule has 118 valence electrons. The van der Waals surface area contributed by atoms with Crippen molar-refractivity contribution in [2.75, 3.05) is 5.32 Å². The van der Waals surface area contributed by atoms with Crippen LogP contribution in [0.5, 0.6) is 0 Å². The van der Waals surface area contributed by atoms with Crippen LogP contribution in [0, 0.1) is 0 Å². The molecule has 2 aliphatic rings. The number of hydrogen-bond acceptors (Lipinski definition) is 1. The average Bonchev–Trinajstić information content (AvgIpc) is 3.19. The van der Waals surface area contributed by atoms with E-state index in [-0.39, 0.29) is 5.41 Å². The van der Waals surface area contributed by atoms with Crippen molar-refractivity contribution >= 4 is 5.69 Å². The van der Waals surface area contributed by atoms with Gasteiger partial charge in [0.15, 0.2) is 0 Å². The van der Waals surface area contributed by atoms with Crippen LogP contribution in [0.3, 0.4) is 0 Å². The van der Waals surface area contributed by atoms with Crippen LogP contribution in [-0.4, -0.2) is 0 Å². The van der Waals surface area contributed by atoms with Crippen molar-refractivity contribution in [2.45, 2.75) is 18.3 Å². The molecule has 2 aromatic carbocycles. The molecule has 1 unspecified atom stereocenters. The molecule has 0 aliphatic heterocycles. The topological polar surface area (TPSA) is 12.0 Å². The SMILES string of the molecule is C=CC1=CC=C(/C=C/Nc2ccccc2)C12CCc1ccccc12. The van der Waals surface area contributed by atoms with E-state index < -0.39 is 0 Å². The summed E-state index contributed by atoms with van der Waals surface area (Å²) in [5.74, 6) is 0. The summed E-state index contributed by atoms with van der Waals surface area (Å²) in [7, 11) is 0. The van der Waals surface area contributed by atoms with Gasteiger partial charge in [0.05, 0.1) is 0 Å². The number of fused-ring (bicyclic) bond motifs is 2. The van der Waals surface area contributed by atoms with Gasteiger partial charge in [-0.1, -0.05) is 67.3 Å². The number of allylic oxidation sites excluding steroid dienone is 6. The van der Waals surface area contributed by atoms with Gasteiger partial charge in [-0.2, -0.15) is 0 Å². The molecule has 24 heavy (non-hydrogen) atoms. The lowest BCUT2D eigenvalue weighted by atomic mass is 9.72. The van der Waals surface area contributed by atoms with Crippen LogP contribution in [-0.2, 0) is 11.8 Å². The average molecular weight is 311 g/mol. The minimum absolute atomic E-state index is 0.0206. The van der Waals surface area contributed by atoms with E-state index in [1.807, 2.05) is 30.5 Å². The highest BCUT2D eigenvalue weighted by atomic mass is 14.8. The highest BCUT2D eigenvalue weighted by Gasteiger charge is 2.44. The van der Waals surface area contributed by atoms with Gasteiger partial charge in [0, 0.05) is 17.3 Å². The highest BCUT2D eigenvalue weighted by Crippen LogP contribution is 2.52. The second-order valence-corrected chi connectivity index (χ2v) is 6.35. The summed E-state index contributed by atoms with van der Waals surface area (Å²) in [6.45, 7) is 4.06. The number of aryl methyl sites for hydroxylation is 1. The van der Waals surface area contributed by atoms with Crippen molar-refractivity contribution in [1.82, 2.24) is 0 Å². The number of anilines is 1. The van der Waals surface area contributed by atoms with E-state index >= 15 is 0 Å². The van der Waals surface area contributed by atoms with Crippen LogP contribution in [0.1, 0.15) is 17.5 Å². The fourth-order valence-electron chi connectivity index (χ4n) is 4.04. The largest absolute Gasteiger partial charge is 0.362 e. The summed E-state index contributed by atoms with van der Waals surface area (Å²) in [5, 5.41) is 3.36. The first-order valence-corrected chi connectivity index (χ1v) is 8.46. The summed E-state index contributed by atoms with van der Waals surface area (Å²) < 4.78 is 0. The summed E-state index contributed by atoms with van der Waals surface area (Å²) in [5.41, 5.74) is 6.63. The van der Waals surface area contributed by atoms with Crippen LogP contribution < -0.4 is 5.32 Å². The van der Waals surface area contributed by atoms with E-state index in [0.29, 0.717) is 0 Å². The summed E-state index contributed by atoms with van der Waals surface area (Å²) in [6.07, 6.45) is 13.0. The van der Waals surface area contributed by atoms with Crippen LogP contribution in [0.25, 0.3) is 0 Å². The Kier molecular flexibility index (Phi) is 3.70. The summed E-state index contributed by atoms with van der Waals surface area (Å²) in [6, 6.07) is 19.1. The molecule has 1 atom stereocenters. The fraction of sp³-hybridized carbons (Fsp3) is 0.130. The molecular weight excluding hydrogens is 290 g/mol. The van der Waals surface area contributed by atoms with Crippen molar-refractivity contribution in [1.29, 1.82) is 0 Å². The molecule has 0 bridgehead atoms. The maximum atomic E-state index is 4.06. The first kappa shape index (κ1) is 14.8. The molecule has 0 heterocycles. The van der Waals surface area contributed by atoms with Crippen LogP contribution in [0.2, 0.25) is 0 Å². The molecule has 2 aliphatic carbocycles. The third-order valence-corrected chi connectivity index (χ3v) is 5.18. The maximum Gasteiger partial charge on any atom is 0.0457 e. The smallest absolute Gasteiger partial charge is 0.0457 e. The second-order valence-electron chi connectivity index (χ2n) is 6.35. The van der Waals surface area contributed by atoms with Gasteiger partial charge in [0.1, 0.15) is 0 Å². The Labute approximate surface area is 143 Å². The molecule has 1 N–H and O–H groups in total. The van der Waals surface area contributed by atoms with E-state index in [1.54, 1.807) is 0 Å². The first-order chi connectivity index (χ1) is 11.8. The maximum absolute atomic E-state index is 4.06. The predicted octanol–water partition coefficient (Wildman–Crippen LogP) is 5.55. The van der Waals surface area contributed by atoms with E-state index in [4.69, 9.17) is 0 Å². The second kappa shape index (κ2) is 6.01. The highest BCUT2D eigenvalue weighted by molar-refractivity contribution is 5.64. The Hall–Kier alpha value is -2.80. The number of hydrogen-bond donors (Lipinski definition) is 1. The Bertz CT molecular complexity index is 855. The van der Waals surface area contributed by atoms with Gasteiger partial charge in [-0.3, -0.25) is 0 Å². The normalized spacial score (nSPS) is 21.7. The summed E-state index contributed by atoms with van der Waals surface area (Å²) in [4.78, 5) is 0. The number of rotatable bonds is 4. The van der Waals surface area contributed by atoms with Gasteiger partial charge in [-0.25, -0.2) is 0 Å². The molecule has 1 heteroatoms. The standard InChI is InChI=1S/C23H21N/c1-2-19-12-13-20(15-17-24-21-9-4-3-5-10-21)23(19)16-14-18-8-6-7-11-22(18)23/h2-13,15,17,24H,1,14,16H2/b17-15+. The molecule has 0 aromatic heterocycles. The number of benzene rings is 2. The van der Waals surface area contributed by atoms with Gasteiger partial charge in [0.2, 0.25) is 0 Å². The van der Waals surface area contributed by atoms with Gasteiger partial charge in [-0.15, -0.1) is 0 Å². The molecule has 0 saturated heterocycles. The molecule has 4 rings (SSSR count). The minimum Gasteiger partial charge on any atom is -0.362 e. The zero-order valence-corrected chi connectivity index (χ0v) is 13.7. The molecule has 0 radical (unpaired) electrons. The lowest BCUT2D eigenvalue weighted by Crippen LogP contribution is -2.24. The molecule has 0 fully saturated rings. The van der Waals surface area contributed by atoms with Gasteiger partial charge in [-0.05, 0) is 53.3 Å². The van der Waals surface area contributed by atoms with Crippen LogP contribution in [0.15, 0.2) is 103 Å². The van der Waals surface area contributed by atoms with Crippen molar-refractivity contribution < 1.29 is 0 Å². The van der Waals surface area contributed by atoms with Gasteiger partial charge >= 0.3 is 0 Å². The van der Waals surface area contributed by atoms with E-state index in [1.165, 1.54) is 22.3 Å². The third kappa shape index (κ3) is 2.25. The zero-order valence-electron chi connectivity index (χ0n) is 13.7. The van der Waals surface area contributed by atoms with E-state index in [9.17, 15) is 0 Å². The molecule has 0 amide bonds. The van der Waals surface area contributed by atoms with Gasteiger partial charge in [0.25, 0.3) is 0 Å². The van der Waals surface area contributed by atoms with Crippen molar-refractivity contribution in [2.24, 2.45) is 0 Å². The van der Waals surface area contributed by atoms with E-state index in [0.717, 1.165) is 18.5 Å². The molecule has 0 saturated carbocycles. The van der Waals surface area contributed by atoms with Crippen LogP contribution in [0.4, 0.5) is 5.69 Å². The van der Waals surface area contributed by atoms with Gasteiger partial charge < -0.3 is 5.32 Å². The van der Waals surface area contributed by atoms with E-state index in [2.05, 4.69) is 66.5 Å². The predicted molar refractivity (Wildman–Crippen MR) is 102 cm³/mol. The van der Waals surface area contributed by atoms with Crippen molar-refractivity contribution in [3.8, 4) is 0 Å². The van der Waals surface area contributed by atoms with Crippen molar-refractivity contribution in [3.63, 3.8) is 0 Å². The molecule has 2 aromatic rings. The van der Waals surface area contributed by atoms with Crippen molar-refractivity contribution in [3.05, 3.63) is 114 Å². The lowest BCUT2D eigenvalue weighted by Gasteiger charge is -2.30. The number of nitrogens with one attached hydrogen (secondary N) is 1. The Morgan fingerprint density at radius 1 is 0.917 bits per heavy atom. The molecular formula is C23H21N. The first-order valence-electron chi connectivity index (χ1n) is 8.46. The lowest BCUT2D eigenvalue weighted by molar-refractivity contribution is 0.618. The summed E-state index contributed by atoms with van der Waals surface area (Å²) >= 11 is 0. The zero-order chi connectivity index (χ0) is 16.4. The Morgan fingerprint density at radius 3 is 2.50 bits per heavy atom.